The highest BCUT2D eigenvalue weighted by Gasteiger charge is 2.38. The second kappa shape index (κ2) is 4.94. The quantitative estimate of drug-likeness (QED) is 0.777. The molecule has 1 aliphatic rings. The molecule has 1 amide bonds. The Morgan fingerprint density at radius 3 is 2.24 bits per heavy atom. The molecular weight excluding hydrogens is 214 g/mol. The highest BCUT2D eigenvalue weighted by molar-refractivity contribution is 5.82. The van der Waals surface area contributed by atoms with E-state index in [1.807, 2.05) is 25.7 Å². The molecule has 4 heteroatoms. The van der Waals surface area contributed by atoms with E-state index < -0.39 is 6.04 Å². The molecule has 100 valence electrons. The maximum atomic E-state index is 12.3. The Balaban J connectivity index is 2.68. The Bertz CT molecular complexity index is 283. The predicted octanol–water partition coefficient (Wildman–Crippen LogP) is 0.768. The molecule has 0 aliphatic carbocycles. The zero-order valence-electron chi connectivity index (χ0n) is 12.0. The number of nitrogens with two attached hydrogens (primary N) is 1. The average Bonchev–Trinajstić information content (AvgIpc) is 2.56. The molecule has 3 atom stereocenters. The van der Waals surface area contributed by atoms with Crippen LogP contribution in [0.25, 0.3) is 0 Å². The highest BCUT2D eigenvalue weighted by Crippen LogP contribution is 2.24. The second-order valence-corrected chi connectivity index (χ2v) is 6.60. The molecule has 2 N–H and O–H groups in total. The van der Waals surface area contributed by atoms with Crippen LogP contribution in [0, 0.1) is 11.3 Å². The minimum atomic E-state index is -0.407. The predicted molar refractivity (Wildman–Crippen MR) is 70.6 cm³/mol. The molecule has 0 aromatic heterocycles. The zero-order valence-corrected chi connectivity index (χ0v) is 12.0. The van der Waals surface area contributed by atoms with Crippen molar-refractivity contribution >= 4 is 5.91 Å². The van der Waals surface area contributed by atoms with Crippen LogP contribution >= 0.6 is 0 Å². The van der Waals surface area contributed by atoms with Crippen molar-refractivity contribution < 1.29 is 4.79 Å². The molecule has 1 heterocycles. The first-order valence-electron chi connectivity index (χ1n) is 6.35. The van der Waals surface area contributed by atoms with Crippen LogP contribution in [0.3, 0.4) is 0 Å². The summed E-state index contributed by atoms with van der Waals surface area (Å²) in [5, 5.41) is 0. The number of hydrogen-bond acceptors (Lipinski definition) is 3. The first kappa shape index (κ1) is 14.5. The van der Waals surface area contributed by atoms with Gasteiger partial charge in [0.05, 0.1) is 6.04 Å². The molecule has 1 rings (SSSR count). The third-order valence-corrected chi connectivity index (χ3v) is 3.75. The summed E-state index contributed by atoms with van der Waals surface area (Å²) in [6.45, 7) is 9.86. The lowest BCUT2D eigenvalue weighted by Crippen LogP contribution is -2.50. The summed E-state index contributed by atoms with van der Waals surface area (Å²) in [6, 6.07) is 0.0433. The molecule has 0 aromatic rings. The van der Waals surface area contributed by atoms with Gasteiger partial charge in [-0.05, 0) is 25.4 Å². The maximum Gasteiger partial charge on any atom is 0.240 e. The number of hydrogen-bond donors (Lipinski definition) is 1. The van der Waals surface area contributed by atoms with E-state index in [0.29, 0.717) is 12.0 Å². The van der Waals surface area contributed by atoms with E-state index in [0.717, 1.165) is 13.1 Å². The van der Waals surface area contributed by atoms with Gasteiger partial charge in [0.25, 0.3) is 0 Å². The molecule has 0 saturated carbocycles. The summed E-state index contributed by atoms with van der Waals surface area (Å²) in [5.41, 5.74) is 5.87. The van der Waals surface area contributed by atoms with E-state index >= 15 is 0 Å². The number of likely N-dealkylation sites (tertiary alicyclic amines) is 1. The Labute approximate surface area is 105 Å². The number of amides is 1. The molecule has 1 fully saturated rings. The van der Waals surface area contributed by atoms with Crippen LogP contribution < -0.4 is 5.73 Å². The lowest BCUT2D eigenvalue weighted by molar-refractivity contribution is -0.134. The van der Waals surface area contributed by atoms with Gasteiger partial charge in [-0.2, -0.15) is 0 Å². The zero-order chi connectivity index (χ0) is 13.4. The third-order valence-electron chi connectivity index (χ3n) is 3.75. The van der Waals surface area contributed by atoms with Gasteiger partial charge in [0.2, 0.25) is 5.91 Å². The van der Waals surface area contributed by atoms with Gasteiger partial charge in [-0.3, -0.25) is 4.79 Å². The largest absolute Gasteiger partial charge is 0.339 e. The van der Waals surface area contributed by atoms with Gasteiger partial charge in [0, 0.05) is 19.1 Å². The second-order valence-electron chi connectivity index (χ2n) is 6.60. The SMILES string of the molecule is CC1CN(C(=O)C(N)C(C)(C)C)CC1N(C)C. The molecular formula is C13H27N3O. The number of rotatable bonds is 2. The van der Waals surface area contributed by atoms with Crippen molar-refractivity contribution in [3.63, 3.8) is 0 Å². The van der Waals surface area contributed by atoms with Crippen molar-refractivity contribution in [1.29, 1.82) is 0 Å². The van der Waals surface area contributed by atoms with Gasteiger partial charge < -0.3 is 15.5 Å². The molecule has 0 bridgehead atoms. The normalized spacial score (nSPS) is 27.6. The van der Waals surface area contributed by atoms with Gasteiger partial charge in [0.1, 0.15) is 0 Å². The lowest BCUT2D eigenvalue weighted by Gasteiger charge is -2.30. The van der Waals surface area contributed by atoms with E-state index in [-0.39, 0.29) is 11.3 Å². The van der Waals surface area contributed by atoms with E-state index in [4.69, 9.17) is 5.73 Å². The van der Waals surface area contributed by atoms with Crippen LogP contribution in [-0.2, 0) is 4.79 Å². The van der Waals surface area contributed by atoms with E-state index in [2.05, 4.69) is 25.9 Å². The van der Waals surface area contributed by atoms with E-state index in [9.17, 15) is 4.79 Å². The first-order valence-corrected chi connectivity index (χ1v) is 6.35. The minimum absolute atomic E-state index is 0.0914. The van der Waals surface area contributed by atoms with Crippen molar-refractivity contribution in [3.8, 4) is 0 Å². The fourth-order valence-corrected chi connectivity index (χ4v) is 2.37. The average molecular weight is 241 g/mol. The van der Waals surface area contributed by atoms with Crippen LogP contribution in [0.4, 0.5) is 0 Å². The van der Waals surface area contributed by atoms with Crippen LogP contribution in [0.1, 0.15) is 27.7 Å². The summed E-state index contributed by atoms with van der Waals surface area (Å²) < 4.78 is 0. The Morgan fingerprint density at radius 1 is 1.35 bits per heavy atom. The maximum absolute atomic E-state index is 12.3. The highest BCUT2D eigenvalue weighted by atomic mass is 16.2. The molecule has 0 aromatic carbocycles. The van der Waals surface area contributed by atoms with Crippen molar-refractivity contribution in [2.45, 2.75) is 39.8 Å². The smallest absolute Gasteiger partial charge is 0.240 e. The van der Waals surface area contributed by atoms with Crippen LogP contribution in [0.15, 0.2) is 0 Å². The number of carbonyl (C=O) groups is 1. The van der Waals surface area contributed by atoms with Gasteiger partial charge in [-0.25, -0.2) is 0 Å². The van der Waals surface area contributed by atoms with Crippen molar-refractivity contribution in [1.82, 2.24) is 9.80 Å². The summed E-state index contributed by atoms with van der Waals surface area (Å²) in [5.74, 6) is 0.606. The molecule has 0 radical (unpaired) electrons. The fraction of sp³-hybridized carbons (Fsp3) is 0.923. The van der Waals surface area contributed by atoms with Crippen molar-refractivity contribution in [2.75, 3.05) is 27.2 Å². The summed E-state index contributed by atoms with van der Waals surface area (Å²) in [7, 11) is 4.14. The topological polar surface area (TPSA) is 49.6 Å². The number of nitrogens with zero attached hydrogens (tertiary/aromatic N) is 2. The van der Waals surface area contributed by atoms with E-state index in [1.54, 1.807) is 0 Å². The van der Waals surface area contributed by atoms with Crippen LogP contribution in [-0.4, -0.2) is 55.0 Å². The lowest BCUT2D eigenvalue weighted by atomic mass is 9.86. The van der Waals surface area contributed by atoms with Crippen LogP contribution in [0.5, 0.6) is 0 Å². The Kier molecular flexibility index (Phi) is 4.20. The molecule has 17 heavy (non-hydrogen) atoms. The van der Waals surface area contributed by atoms with Gasteiger partial charge in [-0.1, -0.05) is 27.7 Å². The first-order chi connectivity index (χ1) is 7.64. The number of carbonyl (C=O) groups excluding carboxylic acids is 1. The monoisotopic (exact) mass is 241 g/mol. The fourth-order valence-electron chi connectivity index (χ4n) is 2.37. The number of likely N-dealkylation sites (N-methyl/N-ethyl adjacent to an activating group) is 1. The summed E-state index contributed by atoms with van der Waals surface area (Å²) >= 11 is 0. The molecule has 0 spiro atoms. The molecule has 3 unspecified atom stereocenters. The Morgan fingerprint density at radius 2 is 1.88 bits per heavy atom. The molecule has 1 aliphatic heterocycles. The van der Waals surface area contributed by atoms with Gasteiger partial charge in [-0.15, -0.1) is 0 Å². The Hall–Kier alpha value is -0.610. The standard InChI is InChI=1S/C13H27N3O/c1-9-7-16(8-10(9)15(5)6)12(17)11(14)13(2,3)4/h9-11H,7-8,14H2,1-6H3. The van der Waals surface area contributed by atoms with Crippen molar-refractivity contribution in [2.24, 2.45) is 17.1 Å². The van der Waals surface area contributed by atoms with Crippen molar-refractivity contribution in [3.05, 3.63) is 0 Å². The van der Waals surface area contributed by atoms with Gasteiger partial charge in [0.15, 0.2) is 0 Å². The van der Waals surface area contributed by atoms with Gasteiger partial charge >= 0.3 is 0 Å². The molecule has 4 nitrogen and oxygen atoms in total. The third kappa shape index (κ3) is 3.19. The summed E-state index contributed by atoms with van der Waals surface area (Å²) in [4.78, 5) is 16.4. The molecule has 1 saturated heterocycles. The van der Waals surface area contributed by atoms with E-state index in [1.165, 1.54) is 0 Å². The van der Waals surface area contributed by atoms with Crippen LogP contribution in [0.2, 0.25) is 0 Å². The minimum Gasteiger partial charge on any atom is -0.339 e. The summed E-state index contributed by atoms with van der Waals surface area (Å²) in [6.07, 6.45) is 0.